The minimum absolute atomic E-state index is 0.687. The summed E-state index contributed by atoms with van der Waals surface area (Å²) in [5, 5.41) is 0. The van der Waals surface area contributed by atoms with Crippen LogP contribution in [0.3, 0.4) is 0 Å². The van der Waals surface area contributed by atoms with Gasteiger partial charge in [0, 0.05) is 0 Å². The van der Waals surface area contributed by atoms with Crippen LogP contribution in [0.4, 0.5) is 0 Å². The Morgan fingerprint density at radius 3 is 1.86 bits per heavy atom. The fraction of sp³-hybridized carbons (Fsp3) is 1.00. The fourth-order valence-corrected chi connectivity index (χ4v) is 3.40. The SMILES string of the molecule is CCC[Si](C)(C)I. The average Bonchev–Trinajstić information content (AvgIpc) is 1.30. The second kappa shape index (κ2) is 3.07. The molecule has 0 heterocycles. The lowest BCUT2D eigenvalue weighted by Gasteiger charge is -2.09. The first-order chi connectivity index (χ1) is 3.06. The summed E-state index contributed by atoms with van der Waals surface area (Å²) in [4.78, 5) is 0. The lowest BCUT2D eigenvalue weighted by atomic mass is 10.6. The van der Waals surface area contributed by atoms with Crippen LogP contribution in [-0.2, 0) is 0 Å². The van der Waals surface area contributed by atoms with E-state index in [0.29, 0.717) is 0 Å². The van der Waals surface area contributed by atoms with Crippen molar-refractivity contribution in [1.82, 2.24) is 0 Å². The Hall–Kier alpha value is 0.947. The molecule has 0 atom stereocenters. The zero-order valence-electron chi connectivity index (χ0n) is 5.29. The van der Waals surface area contributed by atoms with Gasteiger partial charge >= 0.3 is 0 Å². The van der Waals surface area contributed by atoms with Gasteiger partial charge in [-0.3, -0.25) is 0 Å². The molecule has 0 unspecified atom stereocenters. The van der Waals surface area contributed by atoms with Crippen molar-refractivity contribution in [2.45, 2.75) is 32.5 Å². The Morgan fingerprint density at radius 1 is 1.43 bits per heavy atom. The van der Waals surface area contributed by atoms with Gasteiger partial charge in [-0.1, -0.05) is 26.4 Å². The second-order valence-electron chi connectivity index (χ2n) is 2.47. The van der Waals surface area contributed by atoms with Gasteiger partial charge in [-0.2, -0.15) is 0 Å². The molecule has 0 aromatic rings. The molecular formula is C5H13ISi. The first-order valence-electron chi connectivity index (χ1n) is 2.75. The zero-order chi connectivity index (χ0) is 5.91. The molecule has 7 heavy (non-hydrogen) atoms. The van der Waals surface area contributed by atoms with Crippen LogP contribution < -0.4 is 0 Å². The van der Waals surface area contributed by atoms with E-state index in [1.165, 1.54) is 12.5 Å². The number of hydrogen-bond acceptors (Lipinski definition) is 0. The van der Waals surface area contributed by atoms with E-state index in [9.17, 15) is 0 Å². The molecule has 0 bridgehead atoms. The molecule has 0 aliphatic rings. The quantitative estimate of drug-likeness (QED) is 0.387. The highest BCUT2D eigenvalue weighted by Gasteiger charge is 2.12. The monoisotopic (exact) mass is 228 g/mol. The minimum atomic E-state index is -0.687. The van der Waals surface area contributed by atoms with Crippen molar-refractivity contribution in [2.75, 3.05) is 0 Å². The molecule has 0 radical (unpaired) electrons. The van der Waals surface area contributed by atoms with Crippen LogP contribution in [0.1, 0.15) is 13.3 Å². The molecule has 0 aromatic heterocycles. The van der Waals surface area contributed by atoms with Crippen molar-refractivity contribution in [1.29, 1.82) is 0 Å². The van der Waals surface area contributed by atoms with Gasteiger partial charge in [0.15, 0.2) is 0 Å². The molecule has 2 heteroatoms. The van der Waals surface area contributed by atoms with Crippen LogP contribution in [0.25, 0.3) is 0 Å². The van der Waals surface area contributed by atoms with Gasteiger partial charge in [0.25, 0.3) is 0 Å². The lowest BCUT2D eigenvalue weighted by molar-refractivity contribution is 1.06. The van der Waals surface area contributed by atoms with Gasteiger partial charge in [0.05, 0.1) is 0 Å². The third-order valence-corrected chi connectivity index (χ3v) is 4.15. The molecule has 0 saturated carbocycles. The first kappa shape index (κ1) is 7.95. The molecule has 0 aromatic carbocycles. The van der Waals surface area contributed by atoms with Gasteiger partial charge in [-0.05, 0) is 6.04 Å². The smallest absolute Gasteiger partial charge is 0.119 e. The molecule has 0 N–H and O–H groups in total. The third-order valence-electron chi connectivity index (χ3n) is 0.844. The molecular weight excluding hydrogens is 215 g/mol. The van der Waals surface area contributed by atoms with Crippen molar-refractivity contribution >= 4 is 27.4 Å². The van der Waals surface area contributed by atoms with E-state index < -0.39 is 5.57 Å². The molecule has 0 aliphatic carbocycles. The summed E-state index contributed by atoms with van der Waals surface area (Å²) in [7, 11) is 0. The van der Waals surface area contributed by atoms with Crippen LogP contribution in [0.5, 0.6) is 0 Å². The topological polar surface area (TPSA) is 0 Å². The Bertz CT molecular complexity index is 46.5. The zero-order valence-corrected chi connectivity index (χ0v) is 8.45. The summed E-state index contributed by atoms with van der Waals surface area (Å²) in [6.45, 7) is 7.06. The molecule has 0 spiro atoms. The van der Waals surface area contributed by atoms with E-state index in [1.807, 2.05) is 0 Å². The predicted molar refractivity (Wildman–Crippen MR) is 46.6 cm³/mol. The Morgan fingerprint density at radius 2 is 1.86 bits per heavy atom. The third kappa shape index (κ3) is 6.95. The maximum Gasteiger partial charge on any atom is 0.119 e. The Balaban J connectivity index is 3.15. The van der Waals surface area contributed by atoms with Gasteiger partial charge < -0.3 is 0 Å². The summed E-state index contributed by atoms with van der Waals surface area (Å²) in [5.74, 6) is 0. The Labute approximate surface area is 59.9 Å². The van der Waals surface area contributed by atoms with Crippen molar-refractivity contribution in [2.24, 2.45) is 0 Å². The number of hydrogen-bond donors (Lipinski definition) is 0. The second-order valence-corrected chi connectivity index (χ2v) is 15.2. The molecule has 44 valence electrons. The highest BCUT2D eigenvalue weighted by Crippen LogP contribution is 2.18. The van der Waals surface area contributed by atoms with E-state index in [0.717, 1.165) is 0 Å². The highest BCUT2D eigenvalue weighted by atomic mass is 127. The summed E-state index contributed by atoms with van der Waals surface area (Å²) in [6.07, 6.45) is 1.36. The van der Waals surface area contributed by atoms with Crippen molar-refractivity contribution in [3.8, 4) is 0 Å². The van der Waals surface area contributed by atoms with E-state index in [2.05, 4.69) is 41.8 Å². The van der Waals surface area contributed by atoms with Crippen molar-refractivity contribution in [3.05, 3.63) is 0 Å². The van der Waals surface area contributed by atoms with Crippen LogP contribution >= 0.6 is 21.8 Å². The summed E-state index contributed by atoms with van der Waals surface area (Å²) >= 11 is 2.62. The Kier molecular flexibility index (Phi) is 3.48. The summed E-state index contributed by atoms with van der Waals surface area (Å²) in [6, 6.07) is 1.47. The molecule has 0 nitrogen and oxygen atoms in total. The van der Waals surface area contributed by atoms with E-state index >= 15 is 0 Å². The number of halogens is 1. The highest BCUT2D eigenvalue weighted by molar-refractivity contribution is 14.1. The first-order valence-corrected chi connectivity index (χ1v) is 9.07. The average molecular weight is 228 g/mol. The normalized spacial score (nSPS) is 12.0. The molecule has 0 rings (SSSR count). The van der Waals surface area contributed by atoms with Crippen molar-refractivity contribution < 1.29 is 0 Å². The van der Waals surface area contributed by atoms with Gasteiger partial charge in [-0.15, -0.1) is 21.8 Å². The maximum atomic E-state index is 2.62. The van der Waals surface area contributed by atoms with E-state index in [4.69, 9.17) is 0 Å². The lowest BCUT2D eigenvalue weighted by Crippen LogP contribution is -2.12. The van der Waals surface area contributed by atoms with Crippen LogP contribution in [0.15, 0.2) is 0 Å². The van der Waals surface area contributed by atoms with Crippen LogP contribution in [0.2, 0.25) is 19.1 Å². The molecule has 0 aliphatic heterocycles. The maximum absolute atomic E-state index is 2.62. The van der Waals surface area contributed by atoms with Gasteiger partial charge in [0.2, 0.25) is 0 Å². The molecule has 0 saturated heterocycles. The van der Waals surface area contributed by atoms with Gasteiger partial charge in [-0.25, -0.2) is 0 Å². The molecule has 0 amide bonds. The van der Waals surface area contributed by atoms with E-state index in [-0.39, 0.29) is 0 Å². The standard InChI is InChI=1S/C5H13ISi/c1-4-5-7(2,3)6/h4-5H2,1-3H3. The fourth-order valence-electron chi connectivity index (χ4n) is 0.594. The van der Waals surface area contributed by atoms with Crippen molar-refractivity contribution in [3.63, 3.8) is 0 Å². The summed E-state index contributed by atoms with van der Waals surface area (Å²) < 4.78 is 0. The minimum Gasteiger partial charge on any atom is -0.119 e. The van der Waals surface area contributed by atoms with Crippen LogP contribution in [-0.4, -0.2) is 5.57 Å². The largest absolute Gasteiger partial charge is 0.119 e. The summed E-state index contributed by atoms with van der Waals surface area (Å²) in [5.41, 5.74) is -0.687. The number of rotatable bonds is 2. The van der Waals surface area contributed by atoms with Gasteiger partial charge in [0.1, 0.15) is 5.57 Å². The molecule has 0 fully saturated rings. The van der Waals surface area contributed by atoms with Crippen LogP contribution in [0, 0.1) is 0 Å². The van der Waals surface area contributed by atoms with E-state index in [1.54, 1.807) is 0 Å². The predicted octanol–water partition coefficient (Wildman–Crippen LogP) is 3.04.